The van der Waals surface area contributed by atoms with E-state index in [9.17, 15) is 10.1 Å². The van der Waals surface area contributed by atoms with Crippen molar-refractivity contribution in [2.24, 2.45) is 11.5 Å². The van der Waals surface area contributed by atoms with Crippen molar-refractivity contribution in [2.75, 3.05) is 0 Å². The standard InChI is InChI=1S/C5H4N2O3.CH4N2O/c8-7(9)10-5-3-1-2-4-6-5;2-1(3)4/h1-4H;(H4,2,3,4). The molecule has 0 saturated carbocycles. The fraction of sp³-hybridized carbons (Fsp3) is 0. The molecule has 76 valence electrons. The van der Waals surface area contributed by atoms with Crippen LogP contribution >= 0.6 is 0 Å². The van der Waals surface area contributed by atoms with Gasteiger partial charge in [0.2, 0.25) is 5.88 Å². The summed E-state index contributed by atoms with van der Waals surface area (Å²) < 4.78 is 0. The molecule has 0 radical (unpaired) electrons. The lowest BCUT2D eigenvalue weighted by atomic mass is 10.5. The van der Waals surface area contributed by atoms with E-state index in [1.54, 1.807) is 12.1 Å². The summed E-state index contributed by atoms with van der Waals surface area (Å²) in [5.41, 5.74) is 8.50. The molecule has 0 aliphatic heterocycles. The fourth-order valence-electron chi connectivity index (χ4n) is 0.477. The number of hydrogen-bond donors (Lipinski definition) is 2. The van der Waals surface area contributed by atoms with Crippen LogP contribution in [0.3, 0.4) is 0 Å². The van der Waals surface area contributed by atoms with Crippen LogP contribution in [0.4, 0.5) is 4.79 Å². The van der Waals surface area contributed by atoms with E-state index in [2.05, 4.69) is 21.3 Å². The van der Waals surface area contributed by atoms with Gasteiger partial charge in [0.25, 0.3) is 0 Å². The van der Waals surface area contributed by atoms with E-state index >= 15 is 0 Å². The van der Waals surface area contributed by atoms with Crippen molar-refractivity contribution in [3.05, 3.63) is 34.5 Å². The zero-order chi connectivity index (χ0) is 11.0. The Bertz CT molecular complexity index is 298. The molecule has 14 heavy (non-hydrogen) atoms. The van der Waals surface area contributed by atoms with Gasteiger partial charge >= 0.3 is 11.1 Å². The van der Waals surface area contributed by atoms with Crippen molar-refractivity contribution < 1.29 is 14.7 Å². The van der Waals surface area contributed by atoms with E-state index in [-0.39, 0.29) is 5.88 Å². The van der Waals surface area contributed by atoms with Gasteiger partial charge in [0.15, 0.2) is 0 Å². The first-order valence-electron chi connectivity index (χ1n) is 3.30. The summed E-state index contributed by atoms with van der Waals surface area (Å²) in [5.74, 6) is -0.00694. The highest BCUT2D eigenvalue weighted by molar-refractivity contribution is 5.69. The highest BCUT2D eigenvalue weighted by Gasteiger charge is 1.96. The summed E-state index contributed by atoms with van der Waals surface area (Å²) in [7, 11) is 0. The number of amides is 2. The summed E-state index contributed by atoms with van der Waals surface area (Å²) in [5, 5.41) is 8.81. The van der Waals surface area contributed by atoms with Crippen LogP contribution in [0.1, 0.15) is 0 Å². The highest BCUT2D eigenvalue weighted by Crippen LogP contribution is 2.01. The van der Waals surface area contributed by atoms with Gasteiger partial charge in [-0.15, -0.1) is 10.1 Å². The second-order valence-corrected chi connectivity index (χ2v) is 1.89. The van der Waals surface area contributed by atoms with Crippen molar-refractivity contribution in [1.82, 2.24) is 4.98 Å². The van der Waals surface area contributed by atoms with Crippen molar-refractivity contribution in [3.63, 3.8) is 0 Å². The molecule has 0 bridgehead atoms. The minimum Gasteiger partial charge on any atom is -0.352 e. The SMILES string of the molecule is NC(N)=O.O=[N+]([O-])Oc1ccccn1. The van der Waals surface area contributed by atoms with Crippen LogP contribution in [-0.4, -0.2) is 16.1 Å². The minimum absolute atomic E-state index is 0.00694. The van der Waals surface area contributed by atoms with Gasteiger partial charge in [0.1, 0.15) is 0 Å². The average molecular weight is 200 g/mol. The van der Waals surface area contributed by atoms with E-state index in [4.69, 9.17) is 4.79 Å². The van der Waals surface area contributed by atoms with Gasteiger partial charge in [-0.05, 0) is 12.1 Å². The number of rotatable bonds is 2. The Labute approximate surface area is 78.6 Å². The van der Waals surface area contributed by atoms with Gasteiger partial charge in [-0.3, -0.25) is 4.84 Å². The van der Waals surface area contributed by atoms with Crippen molar-refractivity contribution in [2.45, 2.75) is 0 Å². The Morgan fingerprint density at radius 1 is 1.50 bits per heavy atom. The molecule has 0 saturated heterocycles. The van der Waals surface area contributed by atoms with Gasteiger partial charge in [-0.1, -0.05) is 6.07 Å². The molecule has 0 atom stereocenters. The number of urea groups is 1. The Morgan fingerprint density at radius 3 is 2.43 bits per heavy atom. The third-order valence-electron chi connectivity index (χ3n) is 0.806. The number of pyridine rings is 1. The first kappa shape index (κ1) is 11.6. The number of aromatic nitrogens is 1. The van der Waals surface area contributed by atoms with Gasteiger partial charge in [0.05, 0.1) is 0 Å². The number of nitrogens with zero attached hydrogens (tertiary/aromatic N) is 2. The van der Waals surface area contributed by atoms with Crippen LogP contribution < -0.4 is 16.3 Å². The maximum absolute atomic E-state index is 9.71. The highest BCUT2D eigenvalue weighted by atomic mass is 17.0. The van der Waals surface area contributed by atoms with Crippen LogP contribution in [0.2, 0.25) is 0 Å². The summed E-state index contributed by atoms with van der Waals surface area (Å²) >= 11 is 0. The summed E-state index contributed by atoms with van der Waals surface area (Å²) in [6.45, 7) is 0. The van der Waals surface area contributed by atoms with E-state index in [1.807, 2.05) is 0 Å². The quantitative estimate of drug-likeness (QED) is 0.498. The maximum atomic E-state index is 9.71. The lowest BCUT2D eigenvalue weighted by Gasteiger charge is -1.92. The second kappa shape index (κ2) is 6.17. The lowest BCUT2D eigenvalue weighted by molar-refractivity contribution is -0.712. The molecule has 2 amide bonds. The molecule has 1 rings (SSSR count). The molecule has 0 aliphatic rings. The molecule has 1 aromatic rings. The molecule has 1 heterocycles. The Hall–Kier alpha value is -2.38. The predicted octanol–water partition coefficient (Wildman–Crippen LogP) is -0.324. The van der Waals surface area contributed by atoms with Gasteiger partial charge in [-0.2, -0.15) is 0 Å². The molecule has 0 spiro atoms. The molecular weight excluding hydrogens is 192 g/mol. The zero-order valence-corrected chi connectivity index (χ0v) is 6.99. The minimum atomic E-state index is -0.900. The van der Waals surface area contributed by atoms with Crippen LogP contribution in [-0.2, 0) is 0 Å². The molecule has 1 aromatic heterocycles. The Kier molecular flexibility index (Phi) is 5.12. The summed E-state index contributed by atoms with van der Waals surface area (Å²) in [6.07, 6.45) is 1.42. The third kappa shape index (κ3) is 7.72. The van der Waals surface area contributed by atoms with E-state index in [0.717, 1.165) is 0 Å². The number of carbonyl (C=O) groups is 1. The van der Waals surface area contributed by atoms with E-state index in [1.165, 1.54) is 12.3 Å². The average Bonchev–Trinajstić information content (AvgIpc) is 2.03. The second-order valence-electron chi connectivity index (χ2n) is 1.89. The molecule has 0 fully saturated rings. The first-order valence-corrected chi connectivity index (χ1v) is 3.30. The van der Waals surface area contributed by atoms with Crippen molar-refractivity contribution in [1.29, 1.82) is 0 Å². The number of nitrogens with two attached hydrogens (primary N) is 2. The predicted molar refractivity (Wildman–Crippen MR) is 45.6 cm³/mol. The Morgan fingerprint density at radius 2 is 2.07 bits per heavy atom. The smallest absolute Gasteiger partial charge is 0.309 e. The molecule has 4 N–H and O–H groups in total. The normalized spacial score (nSPS) is 8.00. The van der Waals surface area contributed by atoms with Gasteiger partial charge < -0.3 is 11.5 Å². The molecule has 8 heteroatoms. The van der Waals surface area contributed by atoms with E-state index < -0.39 is 11.1 Å². The van der Waals surface area contributed by atoms with Crippen LogP contribution in [0, 0.1) is 10.1 Å². The van der Waals surface area contributed by atoms with Crippen molar-refractivity contribution in [3.8, 4) is 5.88 Å². The number of hydrogen-bond acceptors (Lipinski definition) is 5. The third-order valence-corrected chi connectivity index (χ3v) is 0.806. The maximum Gasteiger partial charge on any atom is 0.309 e. The molecule has 8 nitrogen and oxygen atoms in total. The molecular formula is C6H8N4O4. The number of primary amides is 2. The summed E-state index contributed by atoms with van der Waals surface area (Å²) in [6, 6.07) is 3.82. The largest absolute Gasteiger partial charge is 0.352 e. The Balaban J connectivity index is 0.000000364. The lowest BCUT2D eigenvalue weighted by Crippen LogP contribution is -2.18. The first-order chi connectivity index (χ1) is 6.52. The topological polar surface area (TPSA) is 134 Å². The number of carbonyl (C=O) groups excluding carboxylic acids is 1. The molecule has 0 aromatic carbocycles. The summed E-state index contributed by atoms with van der Waals surface area (Å²) in [4.78, 5) is 26.3. The van der Waals surface area contributed by atoms with Crippen LogP contribution in [0.5, 0.6) is 5.88 Å². The van der Waals surface area contributed by atoms with Gasteiger partial charge in [0, 0.05) is 6.20 Å². The zero-order valence-electron chi connectivity index (χ0n) is 6.99. The van der Waals surface area contributed by atoms with Crippen molar-refractivity contribution >= 4 is 6.03 Å². The fourth-order valence-corrected chi connectivity index (χ4v) is 0.477. The van der Waals surface area contributed by atoms with E-state index in [0.29, 0.717) is 0 Å². The monoisotopic (exact) mass is 200 g/mol. The van der Waals surface area contributed by atoms with Crippen LogP contribution in [0.25, 0.3) is 0 Å². The molecule has 0 unspecified atom stereocenters. The van der Waals surface area contributed by atoms with Gasteiger partial charge in [-0.25, -0.2) is 9.78 Å². The van der Waals surface area contributed by atoms with Crippen LogP contribution in [0.15, 0.2) is 24.4 Å². The molecule has 0 aliphatic carbocycles.